The van der Waals surface area contributed by atoms with Crippen LogP contribution in [0.4, 0.5) is 32.2 Å². The summed E-state index contributed by atoms with van der Waals surface area (Å²) in [7, 11) is 0. The van der Waals surface area contributed by atoms with Crippen LogP contribution >= 0.6 is 0 Å². The first-order chi connectivity index (χ1) is 20.2. The number of carboxylic acid groups (broad SMARTS) is 1. The Balaban J connectivity index is 1.20. The highest BCUT2D eigenvalue weighted by Crippen LogP contribution is 2.70. The highest BCUT2D eigenvalue weighted by Gasteiger charge is 2.73. The summed E-state index contributed by atoms with van der Waals surface area (Å²) >= 11 is 0. The molecule has 5 aliphatic rings. The zero-order valence-electron chi connectivity index (χ0n) is 22.5. The molecule has 228 valence electrons. The predicted molar refractivity (Wildman–Crippen MR) is 134 cm³/mol. The van der Waals surface area contributed by atoms with Crippen LogP contribution in [-0.2, 0) is 22.1 Å². The van der Waals surface area contributed by atoms with Crippen molar-refractivity contribution in [1.29, 1.82) is 0 Å². The van der Waals surface area contributed by atoms with Gasteiger partial charge in [-0.2, -0.15) is 18.3 Å². The number of ether oxygens (including phenoxy) is 3. The number of fused-ring (bicyclic) bond motifs is 2. The number of aromatic nitrogens is 3. The van der Waals surface area contributed by atoms with Gasteiger partial charge >= 0.3 is 18.4 Å². The fourth-order valence-electron chi connectivity index (χ4n) is 6.68. The number of carboxylic acids is 1. The van der Waals surface area contributed by atoms with Gasteiger partial charge in [0.25, 0.3) is 0 Å². The van der Waals surface area contributed by atoms with Crippen molar-refractivity contribution in [2.75, 3.05) is 5.32 Å². The highest BCUT2D eigenvalue weighted by atomic mass is 19.4. The van der Waals surface area contributed by atoms with Gasteiger partial charge in [-0.1, -0.05) is 6.07 Å². The minimum absolute atomic E-state index is 0.0329. The number of carbonyl (C=O) groups is 1. The molecule has 8 rings (SSSR count). The van der Waals surface area contributed by atoms with E-state index >= 15 is 0 Å². The van der Waals surface area contributed by atoms with Gasteiger partial charge in [-0.05, 0) is 75.3 Å². The van der Waals surface area contributed by atoms with Crippen LogP contribution in [0.5, 0.6) is 11.5 Å². The number of aliphatic carboxylic acids is 1. The number of anilines is 1. The number of nitrogens with zero attached hydrogens (tertiary/aromatic N) is 3. The summed E-state index contributed by atoms with van der Waals surface area (Å²) in [6.07, 6.45) is -7.60. The summed E-state index contributed by atoms with van der Waals surface area (Å²) in [6.45, 7) is 1.61. The Bertz CT molecular complexity index is 1640. The largest absolute Gasteiger partial charge is 0.586 e. The lowest BCUT2D eigenvalue weighted by atomic mass is 9.41. The van der Waals surface area contributed by atoms with E-state index < -0.39 is 53.1 Å². The third-order valence-electron chi connectivity index (χ3n) is 8.64. The van der Waals surface area contributed by atoms with Gasteiger partial charge in [0.1, 0.15) is 6.10 Å². The van der Waals surface area contributed by atoms with Crippen LogP contribution in [0.25, 0.3) is 5.82 Å². The maximum absolute atomic E-state index is 14.9. The number of halogens is 6. The molecule has 0 amide bonds. The quantitative estimate of drug-likeness (QED) is 0.300. The molecule has 0 unspecified atom stereocenters. The molecule has 9 nitrogen and oxygen atoms in total. The number of hydrogen-bond acceptors (Lipinski definition) is 7. The van der Waals surface area contributed by atoms with Gasteiger partial charge in [0, 0.05) is 5.56 Å². The van der Waals surface area contributed by atoms with E-state index in [0.717, 1.165) is 10.7 Å². The van der Waals surface area contributed by atoms with Gasteiger partial charge < -0.3 is 24.6 Å². The third kappa shape index (κ3) is 4.46. The maximum Gasteiger partial charge on any atom is 0.586 e. The van der Waals surface area contributed by atoms with Crippen LogP contribution in [-0.4, -0.2) is 37.7 Å². The van der Waals surface area contributed by atoms with Gasteiger partial charge in [-0.3, -0.25) is 4.79 Å². The third-order valence-corrected chi connectivity index (χ3v) is 8.64. The molecular formula is C28H24F6N4O5. The van der Waals surface area contributed by atoms with Crippen molar-refractivity contribution >= 4 is 11.8 Å². The fraction of sp³-hybridized carbons (Fsp3) is 0.464. The van der Waals surface area contributed by atoms with Gasteiger partial charge in [0.2, 0.25) is 0 Å². The standard InChI is InChI=1S/C28H24F6N4O5/c1-13(14-5-7-17-19(9-14)43-28(33,34)42-17)35-23-16(29)6-8-20(36-23)38-21-15(22(37-38)27(30,31)32)3-2-4-18(21)41-26-10-25(11-26,12-26)24(39)40/h5-9,13,18H,2-4,10-12H2,1H3,(H,35,36)(H,39,40)/t13-,18+,25?,26?/m0/s1. The van der Waals surface area contributed by atoms with Gasteiger partial charge in [0.15, 0.2) is 34.6 Å². The molecule has 3 fully saturated rings. The molecule has 1 aromatic carbocycles. The molecule has 1 aliphatic heterocycles. The zero-order chi connectivity index (χ0) is 30.5. The molecule has 0 spiro atoms. The van der Waals surface area contributed by atoms with E-state index in [1.165, 1.54) is 24.3 Å². The van der Waals surface area contributed by atoms with E-state index in [2.05, 4.69) is 24.9 Å². The second kappa shape index (κ2) is 9.00. The van der Waals surface area contributed by atoms with E-state index in [4.69, 9.17) is 4.74 Å². The average Bonchev–Trinajstić information content (AvgIpc) is 3.42. The first-order valence-electron chi connectivity index (χ1n) is 13.6. The second-order valence-corrected chi connectivity index (χ2v) is 11.7. The molecule has 3 aromatic rings. The van der Waals surface area contributed by atoms with Crippen LogP contribution in [0, 0.1) is 11.2 Å². The highest BCUT2D eigenvalue weighted by molar-refractivity contribution is 5.79. The van der Waals surface area contributed by atoms with E-state index in [0.29, 0.717) is 37.7 Å². The normalized spacial score (nSPS) is 27.1. The summed E-state index contributed by atoms with van der Waals surface area (Å²) in [5.74, 6) is -2.48. The Morgan fingerprint density at radius 3 is 2.58 bits per heavy atom. The van der Waals surface area contributed by atoms with Gasteiger partial charge in [0.05, 0.1) is 22.8 Å². The van der Waals surface area contributed by atoms with Crippen LogP contribution in [0.15, 0.2) is 30.3 Å². The summed E-state index contributed by atoms with van der Waals surface area (Å²) in [6, 6.07) is 5.60. The molecule has 2 atom stereocenters. The van der Waals surface area contributed by atoms with Crippen molar-refractivity contribution in [3.63, 3.8) is 0 Å². The zero-order valence-corrected chi connectivity index (χ0v) is 22.5. The Labute approximate surface area is 239 Å². The summed E-state index contributed by atoms with van der Waals surface area (Å²) < 4.78 is 100. The lowest BCUT2D eigenvalue weighted by Gasteiger charge is -2.67. The van der Waals surface area contributed by atoms with Crippen LogP contribution in [0.3, 0.4) is 0 Å². The smallest absolute Gasteiger partial charge is 0.481 e. The molecule has 0 saturated heterocycles. The van der Waals surface area contributed by atoms with Crippen molar-refractivity contribution in [3.8, 4) is 17.3 Å². The molecule has 2 aromatic heterocycles. The Morgan fingerprint density at radius 2 is 1.88 bits per heavy atom. The molecule has 2 N–H and O–H groups in total. The van der Waals surface area contributed by atoms with E-state index in [9.17, 15) is 36.2 Å². The number of benzene rings is 1. The number of alkyl halides is 5. The minimum Gasteiger partial charge on any atom is -0.481 e. The lowest BCUT2D eigenvalue weighted by Crippen LogP contribution is -2.71. The second-order valence-electron chi connectivity index (χ2n) is 11.7. The number of nitrogens with one attached hydrogen (secondary N) is 1. The Morgan fingerprint density at radius 1 is 1.16 bits per heavy atom. The van der Waals surface area contributed by atoms with Crippen molar-refractivity contribution in [3.05, 3.63) is 58.7 Å². The Kier molecular flexibility index (Phi) is 5.82. The molecular weight excluding hydrogens is 586 g/mol. The number of hydrogen-bond donors (Lipinski definition) is 2. The molecule has 2 bridgehead atoms. The van der Waals surface area contributed by atoms with Crippen molar-refractivity contribution < 1.29 is 50.5 Å². The average molecular weight is 611 g/mol. The SMILES string of the molecule is C[C@H](Nc1nc(-n2nc(C(F)(F)F)c3c2[C@H](OC24CC(C(=O)O)(C2)C4)CCC3)ccc1F)c1ccc2c(c1)OC(F)(F)O2. The summed E-state index contributed by atoms with van der Waals surface area (Å²) in [5.41, 5.74) is -2.08. The van der Waals surface area contributed by atoms with E-state index in [1.54, 1.807) is 6.92 Å². The molecule has 4 aliphatic carbocycles. The van der Waals surface area contributed by atoms with E-state index in [1.807, 2.05) is 0 Å². The Hall–Kier alpha value is -4.01. The molecule has 3 heterocycles. The summed E-state index contributed by atoms with van der Waals surface area (Å²) in [4.78, 5) is 15.8. The van der Waals surface area contributed by atoms with Gasteiger partial charge in [-0.15, -0.1) is 8.78 Å². The maximum atomic E-state index is 14.9. The van der Waals surface area contributed by atoms with Crippen molar-refractivity contribution in [2.45, 2.75) is 75.7 Å². The topological polar surface area (TPSA) is 108 Å². The number of pyridine rings is 1. The number of rotatable bonds is 7. The first-order valence-corrected chi connectivity index (χ1v) is 13.6. The predicted octanol–water partition coefficient (Wildman–Crippen LogP) is 6.32. The molecule has 0 radical (unpaired) electrons. The van der Waals surface area contributed by atoms with E-state index in [-0.39, 0.29) is 40.8 Å². The monoisotopic (exact) mass is 610 g/mol. The molecule has 43 heavy (non-hydrogen) atoms. The van der Waals surface area contributed by atoms with Crippen molar-refractivity contribution in [1.82, 2.24) is 14.8 Å². The van der Waals surface area contributed by atoms with Crippen molar-refractivity contribution in [2.24, 2.45) is 5.41 Å². The van der Waals surface area contributed by atoms with Crippen LogP contribution < -0.4 is 14.8 Å². The fourth-order valence-corrected chi connectivity index (χ4v) is 6.68. The van der Waals surface area contributed by atoms with Crippen LogP contribution in [0.1, 0.15) is 73.7 Å². The van der Waals surface area contributed by atoms with Gasteiger partial charge in [-0.25, -0.2) is 14.1 Å². The minimum atomic E-state index is -4.77. The lowest BCUT2D eigenvalue weighted by molar-refractivity contribution is -0.300. The molecule has 15 heteroatoms. The summed E-state index contributed by atoms with van der Waals surface area (Å²) in [5, 5.41) is 16.2. The van der Waals surface area contributed by atoms with Crippen LogP contribution in [0.2, 0.25) is 0 Å². The first kappa shape index (κ1) is 27.8. The molecule has 3 saturated carbocycles.